The van der Waals surface area contributed by atoms with Gasteiger partial charge in [-0.25, -0.2) is 8.78 Å². The van der Waals surface area contributed by atoms with Crippen molar-refractivity contribution in [3.05, 3.63) is 83.1 Å². The third kappa shape index (κ3) is 3.45. The minimum atomic E-state index is -0.924. The zero-order valence-electron chi connectivity index (χ0n) is 13.8. The SMILES string of the molecule is Cc1c(C(N)=O)cc(-c2ccc(F)c(F)c2)n1CCc1ccccc1. The maximum atomic E-state index is 13.6. The van der Waals surface area contributed by atoms with E-state index in [-0.39, 0.29) is 0 Å². The number of amides is 1. The van der Waals surface area contributed by atoms with Gasteiger partial charge < -0.3 is 10.3 Å². The van der Waals surface area contributed by atoms with Crippen LogP contribution in [0.5, 0.6) is 0 Å². The van der Waals surface area contributed by atoms with E-state index in [1.54, 1.807) is 13.0 Å². The second-order valence-corrected chi connectivity index (χ2v) is 5.91. The van der Waals surface area contributed by atoms with E-state index in [0.717, 1.165) is 24.1 Å². The Balaban J connectivity index is 2.02. The lowest BCUT2D eigenvalue weighted by atomic mass is 10.1. The molecular weight excluding hydrogens is 322 g/mol. The summed E-state index contributed by atoms with van der Waals surface area (Å²) in [7, 11) is 0. The Morgan fingerprint density at radius 1 is 1.04 bits per heavy atom. The van der Waals surface area contributed by atoms with E-state index in [9.17, 15) is 13.6 Å². The summed E-state index contributed by atoms with van der Waals surface area (Å²) in [5, 5.41) is 0. The molecule has 3 rings (SSSR count). The van der Waals surface area contributed by atoms with Gasteiger partial charge in [-0.05, 0) is 43.2 Å². The van der Waals surface area contributed by atoms with Crippen LogP contribution in [-0.2, 0) is 13.0 Å². The molecule has 0 unspecified atom stereocenters. The minimum absolute atomic E-state index is 0.382. The number of hydrogen-bond donors (Lipinski definition) is 1. The molecule has 128 valence electrons. The first-order chi connectivity index (χ1) is 12.0. The van der Waals surface area contributed by atoms with Gasteiger partial charge in [-0.3, -0.25) is 4.79 Å². The fourth-order valence-electron chi connectivity index (χ4n) is 2.96. The molecule has 0 fully saturated rings. The van der Waals surface area contributed by atoms with E-state index in [2.05, 4.69) is 0 Å². The van der Waals surface area contributed by atoms with E-state index >= 15 is 0 Å². The average molecular weight is 340 g/mol. The molecule has 1 amide bonds. The zero-order valence-corrected chi connectivity index (χ0v) is 13.8. The average Bonchev–Trinajstić information content (AvgIpc) is 2.93. The van der Waals surface area contributed by atoms with Crippen LogP contribution in [0.4, 0.5) is 8.78 Å². The number of benzene rings is 2. The number of nitrogens with zero attached hydrogens (tertiary/aromatic N) is 1. The molecule has 0 aliphatic rings. The maximum Gasteiger partial charge on any atom is 0.250 e. The van der Waals surface area contributed by atoms with Crippen LogP contribution in [0.15, 0.2) is 54.6 Å². The number of aromatic nitrogens is 1. The fourth-order valence-corrected chi connectivity index (χ4v) is 2.96. The molecule has 0 spiro atoms. The van der Waals surface area contributed by atoms with Gasteiger partial charge in [-0.2, -0.15) is 0 Å². The normalized spacial score (nSPS) is 10.8. The fraction of sp³-hybridized carbons (Fsp3) is 0.150. The third-order valence-electron chi connectivity index (χ3n) is 4.31. The molecule has 5 heteroatoms. The van der Waals surface area contributed by atoms with Crippen molar-refractivity contribution in [1.29, 1.82) is 0 Å². The lowest BCUT2D eigenvalue weighted by Gasteiger charge is -2.12. The van der Waals surface area contributed by atoms with Gasteiger partial charge in [-0.15, -0.1) is 0 Å². The highest BCUT2D eigenvalue weighted by Gasteiger charge is 2.17. The number of carbonyl (C=O) groups excluding carboxylic acids is 1. The quantitative estimate of drug-likeness (QED) is 0.747. The zero-order chi connectivity index (χ0) is 18.0. The topological polar surface area (TPSA) is 48.0 Å². The Hall–Kier alpha value is -2.95. The molecule has 0 atom stereocenters. The molecule has 25 heavy (non-hydrogen) atoms. The predicted molar refractivity (Wildman–Crippen MR) is 93.2 cm³/mol. The number of halogens is 2. The predicted octanol–water partition coefficient (Wildman–Crippen LogP) is 4.08. The Kier molecular flexibility index (Phi) is 4.65. The number of aryl methyl sites for hydroxylation is 1. The first kappa shape index (κ1) is 16.9. The van der Waals surface area contributed by atoms with Gasteiger partial charge in [0.1, 0.15) is 0 Å². The van der Waals surface area contributed by atoms with Gasteiger partial charge in [0.05, 0.1) is 5.56 Å². The molecule has 0 aliphatic carbocycles. The molecule has 1 heterocycles. The van der Waals surface area contributed by atoms with Gasteiger partial charge in [0.15, 0.2) is 11.6 Å². The highest BCUT2D eigenvalue weighted by molar-refractivity contribution is 5.95. The molecule has 0 radical (unpaired) electrons. The first-order valence-corrected chi connectivity index (χ1v) is 7.96. The van der Waals surface area contributed by atoms with Crippen molar-refractivity contribution in [3.8, 4) is 11.3 Å². The number of rotatable bonds is 5. The molecule has 0 aliphatic heterocycles. The molecule has 2 N–H and O–H groups in total. The Bertz CT molecular complexity index is 917. The van der Waals surface area contributed by atoms with Crippen LogP contribution >= 0.6 is 0 Å². The molecule has 2 aromatic carbocycles. The summed E-state index contributed by atoms with van der Waals surface area (Å²) in [5.74, 6) is -2.37. The summed E-state index contributed by atoms with van der Waals surface area (Å²) in [4.78, 5) is 11.7. The van der Waals surface area contributed by atoms with Crippen LogP contribution in [-0.4, -0.2) is 10.5 Å². The monoisotopic (exact) mass is 340 g/mol. The lowest BCUT2D eigenvalue weighted by Crippen LogP contribution is -2.13. The van der Waals surface area contributed by atoms with E-state index in [4.69, 9.17) is 5.73 Å². The smallest absolute Gasteiger partial charge is 0.250 e. The Morgan fingerprint density at radius 2 is 1.76 bits per heavy atom. The van der Waals surface area contributed by atoms with Gasteiger partial charge in [0.25, 0.3) is 5.91 Å². The summed E-state index contributed by atoms with van der Waals surface area (Å²) in [6.45, 7) is 2.39. The second-order valence-electron chi connectivity index (χ2n) is 5.91. The highest BCUT2D eigenvalue weighted by atomic mass is 19.2. The van der Waals surface area contributed by atoms with Crippen LogP contribution in [0.1, 0.15) is 21.6 Å². The standard InChI is InChI=1S/C20H18F2N2O/c1-13-16(20(23)25)12-19(15-7-8-17(21)18(22)11-15)24(13)10-9-14-5-3-2-4-6-14/h2-8,11-12H,9-10H2,1H3,(H2,23,25). The van der Waals surface area contributed by atoms with Crippen LogP contribution < -0.4 is 5.73 Å². The van der Waals surface area contributed by atoms with Crippen molar-refractivity contribution in [3.63, 3.8) is 0 Å². The van der Waals surface area contributed by atoms with Crippen LogP contribution in [0, 0.1) is 18.6 Å². The van der Waals surface area contributed by atoms with E-state index in [0.29, 0.717) is 29.1 Å². The number of carbonyl (C=O) groups is 1. The lowest BCUT2D eigenvalue weighted by molar-refractivity contribution is 0.0999. The first-order valence-electron chi connectivity index (χ1n) is 7.96. The van der Waals surface area contributed by atoms with Crippen molar-refractivity contribution in [1.82, 2.24) is 4.57 Å². The van der Waals surface area contributed by atoms with Crippen molar-refractivity contribution < 1.29 is 13.6 Å². The van der Waals surface area contributed by atoms with Gasteiger partial charge in [0.2, 0.25) is 0 Å². The summed E-state index contributed by atoms with van der Waals surface area (Å²) in [6, 6.07) is 15.3. The molecule has 1 aromatic heterocycles. The Labute approximate surface area is 144 Å². The summed E-state index contributed by atoms with van der Waals surface area (Å²) < 4.78 is 28.8. The summed E-state index contributed by atoms with van der Waals surface area (Å²) >= 11 is 0. The van der Waals surface area contributed by atoms with Crippen LogP contribution in [0.3, 0.4) is 0 Å². The number of primary amides is 1. The largest absolute Gasteiger partial charge is 0.366 e. The van der Waals surface area contributed by atoms with Crippen molar-refractivity contribution in [2.45, 2.75) is 19.9 Å². The molecular formula is C20H18F2N2O. The van der Waals surface area contributed by atoms with Gasteiger partial charge in [-0.1, -0.05) is 30.3 Å². The number of hydrogen-bond acceptors (Lipinski definition) is 1. The highest BCUT2D eigenvalue weighted by Crippen LogP contribution is 2.27. The molecule has 0 saturated carbocycles. The van der Waals surface area contributed by atoms with E-state index in [1.165, 1.54) is 6.07 Å². The Morgan fingerprint density at radius 3 is 2.40 bits per heavy atom. The van der Waals surface area contributed by atoms with E-state index < -0.39 is 17.5 Å². The van der Waals surface area contributed by atoms with Crippen molar-refractivity contribution in [2.24, 2.45) is 5.73 Å². The van der Waals surface area contributed by atoms with Gasteiger partial charge >= 0.3 is 0 Å². The summed E-state index contributed by atoms with van der Waals surface area (Å²) in [5.41, 5.74) is 8.83. The van der Waals surface area contributed by atoms with Crippen LogP contribution in [0.25, 0.3) is 11.3 Å². The summed E-state index contributed by atoms with van der Waals surface area (Å²) in [6.07, 6.45) is 0.741. The molecule has 0 saturated heterocycles. The number of nitrogens with two attached hydrogens (primary N) is 1. The van der Waals surface area contributed by atoms with Crippen LogP contribution in [0.2, 0.25) is 0 Å². The molecule has 3 nitrogen and oxygen atoms in total. The minimum Gasteiger partial charge on any atom is -0.366 e. The van der Waals surface area contributed by atoms with Gasteiger partial charge in [0, 0.05) is 23.5 Å². The molecule has 0 bridgehead atoms. The third-order valence-corrected chi connectivity index (χ3v) is 4.31. The second kappa shape index (κ2) is 6.89. The molecule has 3 aromatic rings. The van der Waals surface area contributed by atoms with E-state index in [1.807, 2.05) is 34.9 Å². The van der Waals surface area contributed by atoms with Crippen molar-refractivity contribution in [2.75, 3.05) is 0 Å². The van der Waals surface area contributed by atoms with Crippen molar-refractivity contribution >= 4 is 5.91 Å². The maximum absolute atomic E-state index is 13.6.